The molecular formula is C19H23FN4. The van der Waals surface area contributed by atoms with E-state index in [1.54, 1.807) is 12.1 Å². The standard InChI is InChI=1S/C19H23FN4/c1-24-17(19-9-12-6-13(10-19)8-14(7-12)11-19)22-23-18(24)21-16-4-2-15(20)3-5-16/h2-5,12-14H,6-11H2,1H3,(H,21,23). The molecule has 24 heavy (non-hydrogen) atoms. The van der Waals surface area contributed by atoms with Crippen LogP contribution in [0.2, 0.25) is 0 Å². The molecule has 0 amide bonds. The van der Waals surface area contributed by atoms with Crippen molar-refractivity contribution in [2.75, 3.05) is 5.32 Å². The Morgan fingerprint density at radius 1 is 1.00 bits per heavy atom. The van der Waals surface area contributed by atoms with E-state index in [1.807, 2.05) is 0 Å². The maximum absolute atomic E-state index is 13.1. The fraction of sp³-hybridized carbons (Fsp3) is 0.579. The Morgan fingerprint density at radius 3 is 2.17 bits per heavy atom. The van der Waals surface area contributed by atoms with Gasteiger partial charge in [-0.1, -0.05) is 0 Å². The van der Waals surface area contributed by atoms with Crippen LogP contribution in [-0.2, 0) is 12.5 Å². The van der Waals surface area contributed by atoms with Gasteiger partial charge in [0.05, 0.1) is 0 Å². The van der Waals surface area contributed by atoms with Crippen molar-refractivity contribution in [2.45, 2.75) is 43.9 Å². The number of nitrogens with zero attached hydrogens (tertiary/aromatic N) is 3. The molecule has 1 heterocycles. The summed E-state index contributed by atoms with van der Waals surface area (Å²) in [5.41, 5.74) is 1.07. The van der Waals surface area contributed by atoms with Gasteiger partial charge in [0.2, 0.25) is 5.95 Å². The van der Waals surface area contributed by atoms with E-state index >= 15 is 0 Å². The van der Waals surface area contributed by atoms with Gasteiger partial charge in [0.1, 0.15) is 11.6 Å². The summed E-state index contributed by atoms with van der Waals surface area (Å²) in [4.78, 5) is 0. The molecule has 0 radical (unpaired) electrons. The monoisotopic (exact) mass is 326 g/mol. The molecule has 4 aliphatic carbocycles. The van der Waals surface area contributed by atoms with Crippen molar-refractivity contribution in [3.05, 3.63) is 35.9 Å². The molecule has 1 aromatic heterocycles. The zero-order chi connectivity index (χ0) is 16.3. The summed E-state index contributed by atoms with van der Waals surface area (Å²) in [5, 5.41) is 12.3. The molecule has 126 valence electrons. The summed E-state index contributed by atoms with van der Waals surface area (Å²) in [6.45, 7) is 0. The fourth-order valence-corrected chi connectivity index (χ4v) is 5.95. The number of anilines is 2. The number of nitrogens with one attached hydrogen (secondary N) is 1. The van der Waals surface area contributed by atoms with Gasteiger partial charge >= 0.3 is 0 Å². The molecule has 2 aromatic rings. The van der Waals surface area contributed by atoms with Gasteiger partial charge < -0.3 is 5.32 Å². The van der Waals surface area contributed by atoms with Crippen molar-refractivity contribution in [1.29, 1.82) is 0 Å². The Balaban J connectivity index is 1.45. The van der Waals surface area contributed by atoms with E-state index in [2.05, 4.69) is 27.1 Å². The summed E-state index contributed by atoms with van der Waals surface area (Å²) in [6.07, 6.45) is 8.12. The van der Waals surface area contributed by atoms with Crippen LogP contribution in [0.4, 0.5) is 16.0 Å². The lowest BCUT2D eigenvalue weighted by molar-refractivity contribution is -0.0107. The Morgan fingerprint density at radius 2 is 1.58 bits per heavy atom. The minimum Gasteiger partial charge on any atom is -0.324 e. The average molecular weight is 326 g/mol. The summed E-state index contributed by atoms with van der Waals surface area (Å²) in [7, 11) is 2.06. The van der Waals surface area contributed by atoms with E-state index in [1.165, 1.54) is 50.7 Å². The third-order valence-corrected chi connectivity index (χ3v) is 6.49. The molecule has 4 saturated carbocycles. The highest BCUT2D eigenvalue weighted by atomic mass is 19.1. The first-order chi connectivity index (χ1) is 11.6. The summed E-state index contributed by atoms with van der Waals surface area (Å²) < 4.78 is 15.2. The first-order valence-electron chi connectivity index (χ1n) is 9.04. The molecule has 4 nitrogen and oxygen atoms in total. The number of aromatic nitrogens is 3. The SMILES string of the molecule is Cn1c(Nc2ccc(F)cc2)nnc1C12CC3CC(CC(C3)C1)C2. The van der Waals surface area contributed by atoms with Crippen LogP contribution < -0.4 is 5.32 Å². The lowest BCUT2D eigenvalue weighted by atomic mass is 9.49. The van der Waals surface area contributed by atoms with Crippen LogP contribution in [0, 0.1) is 23.6 Å². The van der Waals surface area contributed by atoms with Gasteiger partial charge in [0, 0.05) is 18.2 Å². The van der Waals surface area contributed by atoms with Crippen molar-refractivity contribution in [2.24, 2.45) is 24.8 Å². The number of hydrogen-bond donors (Lipinski definition) is 1. The lowest BCUT2D eigenvalue weighted by Crippen LogP contribution is -2.49. The quantitative estimate of drug-likeness (QED) is 0.921. The Hall–Kier alpha value is -1.91. The number of rotatable bonds is 3. The molecule has 0 aliphatic heterocycles. The van der Waals surface area contributed by atoms with Crippen LogP contribution >= 0.6 is 0 Å². The number of hydrogen-bond acceptors (Lipinski definition) is 3. The first-order valence-corrected chi connectivity index (χ1v) is 9.04. The van der Waals surface area contributed by atoms with Crippen molar-refractivity contribution < 1.29 is 4.39 Å². The number of benzene rings is 1. The van der Waals surface area contributed by atoms with Crippen LogP contribution in [0.5, 0.6) is 0 Å². The van der Waals surface area contributed by atoms with Gasteiger partial charge in [0.25, 0.3) is 0 Å². The zero-order valence-corrected chi connectivity index (χ0v) is 14.0. The minimum absolute atomic E-state index is 0.229. The molecule has 4 fully saturated rings. The van der Waals surface area contributed by atoms with Crippen molar-refractivity contribution in [3.63, 3.8) is 0 Å². The Kier molecular flexibility index (Phi) is 3.03. The summed E-state index contributed by atoms with van der Waals surface area (Å²) >= 11 is 0. The Bertz CT molecular complexity index is 729. The maximum Gasteiger partial charge on any atom is 0.228 e. The number of halogens is 1. The van der Waals surface area contributed by atoms with E-state index in [4.69, 9.17) is 0 Å². The molecule has 5 heteroatoms. The molecule has 1 N–H and O–H groups in total. The molecule has 6 rings (SSSR count). The normalized spacial score (nSPS) is 33.8. The molecule has 0 spiro atoms. The highest BCUT2D eigenvalue weighted by molar-refractivity contribution is 5.53. The second kappa shape index (κ2) is 5.04. The van der Waals surface area contributed by atoms with Crippen LogP contribution in [0.15, 0.2) is 24.3 Å². The van der Waals surface area contributed by atoms with Crippen LogP contribution in [0.3, 0.4) is 0 Å². The van der Waals surface area contributed by atoms with Crippen molar-refractivity contribution >= 4 is 11.6 Å². The van der Waals surface area contributed by atoms with Gasteiger partial charge in [0.15, 0.2) is 0 Å². The van der Waals surface area contributed by atoms with Gasteiger partial charge in [-0.25, -0.2) is 4.39 Å². The smallest absolute Gasteiger partial charge is 0.228 e. The van der Waals surface area contributed by atoms with Gasteiger partial charge in [-0.15, -0.1) is 10.2 Å². The third kappa shape index (κ3) is 2.17. The van der Waals surface area contributed by atoms with Crippen molar-refractivity contribution in [1.82, 2.24) is 14.8 Å². The van der Waals surface area contributed by atoms with E-state index < -0.39 is 0 Å². The van der Waals surface area contributed by atoms with Crippen LogP contribution in [0.25, 0.3) is 0 Å². The Labute approximate surface area is 141 Å². The second-order valence-corrected chi connectivity index (χ2v) is 8.24. The second-order valence-electron chi connectivity index (χ2n) is 8.24. The zero-order valence-electron chi connectivity index (χ0n) is 14.0. The van der Waals surface area contributed by atoms with Crippen LogP contribution in [0.1, 0.15) is 44.3 Å². The predicted molar refractivity (Wildman–Crippen MR) is 90.5 cm³/mol. The molecule has 4 aliphatic rings. The fourth-order valence-electron chi connectivity index (χ4n) is 5.95. The van der Waals surface area contributed by atoms with Crippen LogP contribution in [-0.4, -0.2) is 14.8 Å². The third-order valence-electron chi connectivity index (χ3n) is 6.49. The van der Waals surface area contributed by atoms with Crippen molar-refractivity contribution in [3.8, 4) is 0 Å². The molecular weight excluding hydrogens is 303 g/mol. The average Bonchev–Trinajstić information content (AvgIpc) is 2.90. The maximum atomic E-state index is 13.1. The molecule has 1 aromatic carbocycles. The topological polar surface area (TPSA) is 42.7 Å². The highest BCUT2D eigenvalue weighted by Gasteiger charge is 2.53. The van der Waals surface area contributed by atoms with E-state index in [0.717, 1.165) is 35.2 Å². The van der Waals surface area contributed by atoms with Gasteiger partial charge in [-0.05, 0) is 80.5 Å². The van der Waals surface area contributed by atoms with E-state index in [-0.39, 0.29) is 11.2 Å². The van der Waals surface area contributed by atoms with E-state index in [0.29, 0.717) is 0 Å². The largest absolute Gasteiger partial charge is 0.324 e. The summed E-state index contributed by atoms with van der Waals surface area (Å²) in [5.74, 6) is 4.33. The minimum atomic E-state index is -0.229. The predicted octanol–water partition coefficient (Wildman–Crippen LogP) is 4.17. The van der Waals surface area contributed by atoms with E-state index in [9.17, 15) is 4.39 Å². The summed E-state index contributed by atoms with van der Waals surface area (Å²) in [6, 6.07) is 6.38. The van der Waals surface area contributed by atoms with Gasteiger partial charge in [-0.3, -0.25) is 4.57 Å². The molecule has 4 bridgehead atoms. The van der Waals surface area contributed by atoms with Gasteiger partial charge in [-0.2, -0.15) is 0 Å². The first kappa shape index (κ1) is 14.4. The molecule has 0 unspecified atom stereocenters. The molecule has 0 saturated heterocycles. The highest BCUT2D eigenvalue weighted by Crippen LogP contribution is 2.60. The molecule has 0 atom stereocenters. The lowest BCUT2D eigenvalue weighted by Gasteiger charge is -2.56.